The molecule has 0 aliphatic heterocycles. The van der Waals surface area contributed by atoms with Crippen LogP contribution in [0.15, 0.2) is 29.2 Å². The van der Waals surface area contributed by atoms with Crippen LogP contribution in [0.25, 0.3) is 5.57 Å². The Morgan fingerprint density at radius 1 is 1.40 bits per heavy atom. The molecule has 0 heterocycles. The standard InChI is InChI=1S/C13H13NS/c1-15-12-6-5-10-3-2-4-11(7-8-14)13(10)9-12/h5-7,9H,2-4H2,1H3/b11-7-. The van der Waals surface area contributed by atoms with Crippen LogP contribution in [0.1, 0.15) is 24.0 Å². The first kappa shape index (κ1) is 10.3. The van der Waals surface area contributed by atoms with Gasteiger partial charge in [0.2, 0.25) is 0 Å². The molecule has 2 heteroatoms. The fourth-order valence-electron chi connectivity index (χ4n) is 2.03. The molecule has 15 heavy (non-hydrogen) atoms. The molecule has 1 aliphatic rings. The predicted octanol–water partition coefficient (Wildman–Crippen LogP) is 3.65. The van der Waals surface area contributed by atoms with Crippen LogP contribution in [-0.4, -0.2) is 6.26 Å². The van der Waals surface area contributed by atoms with Gasteiger partial charge >= 0.3 is 0 Å². The number of rotatable bonds is 1. The second-order valence-corrected chi connectivity index (χ2v) is 4.55. The molecule has 0 bridgehead atoms. The zero-order valence-corrected chi connectivity index (χ0v) is 9.60. The van der Waals surface area contributed by atoms with Gasteiger partial charge in [0.1, 0.15) is 0 Å². The van der Waals surface area contributed by atoms with E-state index in [-0.39, 0.29) is 0 Å². The number of aryl methyl sites for hydroxylation is 1. The minimum absolute atomic E-state index is 1.04. The largest absolute Gasteiger partial charge is 0.193 e. The summed E-state index contributed by atoms with van der Waals surface area (Å²) in [5, 5.41) is 8.74. The lowest BCUT2D eigenvalue weighted by Crippen LogP contribution is -2.01. The third kappa shape index (κ3) is 2.08. The molecule has 0 aromatic heterocycles. The molecule has 0 fully saturated rings. The molecule has 76 valence electrons. The normalized spacial score (nSPS) is 17.2. The number of nitriles is 1. The molecule has 0 amide bonds. The monoisotopic (exact) mass is 215 g/mol. The number of allylic oxidation sites excluding steroid dienone is 2. The van der Waals surface area contributed by atoms with E-state index in [2.05, 4.69) is 30.5 Å². The average Bonchev–Trinajstić information content (AvgIpc) is 2.29. The third-order valence-corrected chi connectivity index (χ3v) is 3.52. The van der Waals surface area contributed by atoms with Crippen molar-refractivity contribution in [2.45, 2.75) is 24.2 Å². The van der Waals surface area contributed by atoms with Crippen LogP contribution in [0.4, 0.5) is 0 Å². The van der Waals surface area contributed by atoms with Crippen molar-refractivity contribution in [3.8, 4) is 6.07 Å². The Hall–Kier alpha value is -1.20. The van der Waals surface area contributed by atoms with Crippen LogP contribution in [0.5, 0.6) is 0 Å². The quantitative estimate of drug-likeness (QED) is 0.527. The van der Waals surface area contributed by atoms with E-state index in [1.165, 1.54) is 28.0 Å². The summed E-state index contributed by atoms with van der Waals surface area (Å²) in [7, 11) is 0. The molecule has 1 nitrogen and oxygen atoms in total. The lowest BCUT2D eigenvalue weighted by atomic mass is 9.87. The first-order valence-corrected chi connectivity index (χ1v) is 6.33. The van der Waals surface area contributed by atoms with Crippen LogP contribution in [0, 0.1) is 11.3 Å². The van der Waals surface area contributed by atoms with Gasteiger partial charge in [0.15, 0.2) is 0 Å². The number of benzene rings is 1. The lowest BCUT2D eigenvalue weighted by Gasteiger charge is -2.18. The van der Waals surface area contributed by atoms with Gasteiger partial charge in [-0.15, -0.1) is 11.8 Å². The Labute approximate surface area is 94.8 Å². The van der Waals surface area contributed by atoms with E-state index in [1.807, 2.05) is 0 Å². The summed E-state index contributed by atoms with van der Waals surface area (Å²) in [4.78, 5) is 1.28. The Morgan fingerprint density at radius 2 is 2.27 bits per heavy atom. The van der Waals surface area contributed by atoms with Gasteiger partial charge in [0, 0.05) is 11.0 Å². The zero-order valence-electron chi connectivity index (χ0n) is 8.79. The van der Waals surface area contributed by atoms with Crippen LogP contribution >= 0.6 is 11.8 Å². The molecule has 1 aromatic carbocycles. The Balaban J connectivity index is 2.49. The molecule has 1 aromatic rings. The van der Waals surface area contributed by atoms with Crippen molar-refractivity contribution in [3.63, 3.8) is 0 Å². The van der Waals surface area contributed by atoms with E-state index in [4.69, 9.17) is 5.26 Å². The summed E-state index contributed by atoms with van der Waals surface area (Å²) in [6.45, 7) is 0. The summed E-state index contributed by atoms with van der Waals surface area (Å²) < 4.78 is 0. The Bertz CT molecular complexity index is 440. The smallest absolute Gasteiger partial charge is 0.0915 e. The maximum Gasteiger partial charge on any atom is 0.0915 e. The molecule has 1 aliphatic carbocycles. The van der Waals surface area contributed by atoms with Crippen molar-refractivity contribution >= 4 is 17.3 Å². The molecule has 0 spiro atoms. The van der Waals surface area contributed by atoms with E-state index in [0.29, 0.717) is 0 Å². The first-order valence-electron chi connectivity index (χ1n) is 5.11. The summed E-state index contributed by atoms with van der Waals surface area (Å²) in [5.41, 5.74) is 3.88. The summed E-state index contributed by atoms with van der Waals surface area (Å²) in [5.74, 6) is 0. The summed E-state index contributed by atoms with van der Waals surface area (Å²) >= 11 is 1.75. The predicted molar refractivity (Wildman–Crippen MR) is 64.8 cm³/mol. The second-order valence-electron chi connectivity index (χ2n) is 3.68. The van der Waals surface area contributed by atoms with E-state index < -0.39 is 0 Å². The van der Waals surface area contributed by atoms with E-state index >= 15 is 0 Å². The SMILES string of the molecule is CSc1ccc2c(c1)/C(=C\C#N)CCC2. The van der Waals surface area contributed by atoms with Crippen LogP contribution < -0.4 is 0 Å². The van der Waals surface area contributed by atoms with E-state index in [0.717, 1.165) is 12.8 Å². The molecular weight excluding hydrogens is 202 g/mol. The van der Waals surface area contributed by atoms with Gasteiger partial charge in [-0.3, -0.25) is 0 Å². The highest BCUT2D eigenvalue weighted by atomic mass is 32.2. The average molecular weight is 215 g/mol. The zero-order chi connectivity index (χ0) is 10.7. The molecule has 0 saturated heterocycles. The number of thioether (sulfide) groups is 1. The molecule has 0 N–H and O–H groups in total. The fraction of sp³-hybridized carbons (Fsp3) is 0.308. The third-order valence-electron chi connectivity index (χ3n) is 2.79. The number of hydrogen-bond acceptors (Lipinski definition) is 2. The number of fused-ring (bicyclic) bond motifs is 1. The van der Waals surface area contributed by atoms with Gasteiger partial charge in [-0.2, -0.15) is 5.26 Å². The van der Waals surface area contributed by atoms with Gasteiger partial charge in [-0.25, -0.2) is 0 Å². The van der Waals surface area contributed by atoms with Crippen molar-refractivity contribution < 1.29 is 0 Å². The van der Waals surface area contributed by atoms with Gasteiger partial charge in [0.05, 0.1) is 6.07 Å². The van der Waals surface area contributed by atoms with Crippen molar-refractivity contribution in [2.75, 3.05) is 6.26 Å². The van der Waals surface area contributed by atoms with Gasteiger partial charge < -0.3 is 0 Å². The molecule has 0 radical (unpaired) electrons. The lowest BCUT2D eigenvalue weighted by molar-refractivity contribution is 0.820. The second kappa shape index (κ2) is 4.55. The fourth-order valence-corrected chi connectivity index (χ4v) is 2.47. The highest BCUT2D eigenvalue weighted by Gasteiger charge is 2.13. The minimum atomic E-state index is 1.04. The van der Waals surface area contributed by atoms with Gasteiger partial charge in [-0.1, -0.05) is 6.07 Å². The van der Waals surface area contributed by atoms with Gasteiger partial charge in [-0.05, 0) is 54.4 Å². The van der Waals surface area contributed by atoms with E-state index in [1.54, 1.807) is 17.8 Å². The highest BCUT2D eigenvalue weighted by Crippen LogP contribution is 2.32. The van der Waals surface area contributed by atoms with E-state index in [9.17, 15) is 0 Å². The first-order chi connectivity index (χ1) is 7.35. The molecule has 0 atom stereocenters. The van der Waals surface area contributed by atoms with Crippen molar-refractivity contribution in [1.82, 2.24) is 0 Å². The molecule has 0 unspecified atom stereocenters. The molecular formula is C13H13NS. The Morgan fingerprint density at radius 3 is 3.00 bits per heavy atom. The highest BCUT2D eigenvalue weighted by molar-refractivity contribution is 7.98. The minimum Gasteiger partial charge on any atom is -0.193 e. The number of hydrogen-bond donors (Lipinski definition) is 0. The maximum absolute atomic E-state index is 8.74. The van der Waals surface area contributed by atoms with Crippen molar-refractivity contribution in [3.05, 3.63) is 35.4 Å². The van der Waals surface area contributed by atoms with Crippen LogP contribution in [0.3, 0.4) is 0 Å². The van der Waals surface area contributed by atoms with Crippen molar-refractivity contribution in [2.24, 2.45) is 0 Å². The van der Waals surface area contributed by atoms with Crippen molar-refractivity contribution in [1.29, 1.82) is 5.26 Å². The Kier molecular flexibility index (Phi) is 3.13. The molecule has 0 saturated carbocycles. The van der Waals surface area contributed by atoms with Gasteiger partial charge in [0.25, 0.3) is 0 Å². The topological polar surface area (TPSA) is 23.8 Å². The van der Waals surface area contributed by atoms with Crippen LogP contribution in [0.2, 0.25) is 0 Å². The maximum atomic E-state index is 8.74. The van der Waals surface area contributed by atoms with Crippen LogP contribution in [-0.2, 0) is 6.42 Å². The summed E-state index contributed by atoms with van der Waals surface area (Å²) in [6, 6.07) is 8.72. The number of nitrogens with zero attached hydrogens (tertiary/aromatic N) is 1. The molecule has 2 rings (SSSR count). The summed E-state index contributed by atoms with van der Waals surface area (Å²) in [6.07, 6.45) is 7.13.